The summed E-state index contributed by atoms with van der Waals surface area (Å²) >= 11 is 5.89. The second-order valence-corrected chi connectivity index (χ2v) is 5.96. The molecule has 1 aliphatic heterocycles. The van der Waals surface area contributed by atoms with Gasteiger partial charge in [-0.15, -0.1) is 0 Å². The van der Waals surface area contributed by atoms with Crippen LogP contribution < -0.4 is 10.2 Å². The molecule has 0 unspecified atom stereocenters. The fourth-order valence-corrected chi connectivity index (χ4v) is 2.84. The minimum atomic E-state index is -0.471. The molecule has 0 radical (unpaired) electrons. The predicted molar refractivity (Wildman–Crippen MR) is 95.5 cm³/mol. The maximum atomic E-state index is 12.4. The van der Waals surface area contributed by atoms with Crippen LogP contribution in [0.4, 0.5) is 17.1 Å². The van der Waals surface area contributed by atoms with Gasteiger partial charge >= 0.3 is 0 Å². The highest BCUT2D eigenvalue weighted by Gasteiger charge is 2.23. The number of benzene rings is 2. The molecule has 2 aromatic carbocycles. The zero-order valence-corrected chi connectivity index (χ0v) is 14.0. The number of amides is 1. The predicted octanol–water partition coefficient (Wildman–Crippen LogP) is 3.34. The number of nitro benzene ring substituents is 1. The number of ether oxygens (including phenoxy) is 1. The Kier molecular flexibility index (Phi) is 5.16. The highest BCUT2D eigenvalue weighted by atomic mass is 35.5. The number of hydrogen-bond donors (Lipinski definition) is 1. The molecule has 3 rings (SSSR count). The van der Waals surface area contributed by atoms with E-state index in [2.05, 4.69) is 5.32 Å². The van der Waals surface area contributed by atoms with Gasteiger partial charge in [0.2, 0.25) is 0 Å². The van der Waals surface area contributed by atoms with Crippen molar-refractivity contribution in [1.29, 1.82) is 0 Å². The Morgan fingerprint density at radius 1 is 1.20 bits per heavy atom. The lowest BCUT2D eigenvalue weighted by atomic mass is 10.1. The third-order valence-electron chi connectivity index (χ3n) is 3.87. The SMILES string of the molecule is O=C(Nc1cccc(Cl)c1)c1ccc(N2CCOCC2)c([N+](=O)[O-])c1. The maximum absolute atomic E-state index is 12.4. The largest absolute Gasteiger partial charge is 0.378 e. The fraction of sp³-hybridized carbons (Fsp3) is 0.235. The molecule has 0 saturated carbocycles. The van der Waals surface area contributed by atoms with Crippen molar-refractivity contribution >= 4 is 34.6 Å². The van der Waals surface area contributed by atoms with E-state index in [-0.39, 0.29) is 11.3 Å². The van der Waals surface area contributed by atoms with Gasteiger partial charge in [-0.2, -0.15) is 0 Å². The van der Waals surface area contributed by atoms with Crippen LogP contribution >= 0.6 is 11.6 Å². The van der Waals surface area contributed by atoms with E-state index >= 15 is 0 Å². The van der Waals surface area contributed by atoms with Crippen molar-refractivity contribution < 1.29 is 14.5 Å². The third kappa shape index (κ3) is 4.07. The molecule has 0 spiro atoms. The van der Waals surface area contributed by atoms with Crippen LogP contribution in [-0.4, -0.2) is 37.1 Å². The number of rotatable bonds is 4. The average molecular weight is 362 g/mol. The Bertz CT molecular complexity index is 806. The number of nitrogens with one attached hydrogen (secondary N) is 1. The summed E-state index contributed by atoms with van der Waals surface area (Å²) in [6, 6.07) is 11.2. The van der Waals surface area contributed by atoms with E-state index in [1.165, 1.54) is 6.07 Å². The van der Waals surface area contributed by atoms with Crippen LogP contribution in [0, 0.1) is 10.1 Å². The maximum Gasteiger partial charge on any atom is 0.293 e. The lowest BCUT2D eigenvalue weighted by molar-refractivity contribution is -0.384. The molecule has 2 aromatic rings. The van der Waals surface area contributed by atoms with Gasteiger partial charge < -0.3 is 15.0 Å². The first kappa shape index (κ1) is 17.2. The molecule has 0 aromatic heterocycles. The van der Waals surface area contributed by atoms with Crippen molar-refractivity contribution in [1.82, 2.24) is 0 Å². The van der Waals surface area contributed by atoms with Crippen molar-refractivity contribution in [2.24, 2.45) is 0 Å². The lowest BCUT2D eigenvalue weighted by Crippen LogP contribution is -2.36. The molecular weight excluding hydrogens is 346 g/mol. The second-order valence-electron chi connectivity index (χ2n) is 5.52. The van der Waals surface area contributed by atoms with Gasteiger partial charge in [-0.05, 0) is 30.3 Å². The van der Waals surface area contributed by atoms with Crippen LogP contribution in [0.3, 0.4) is 0 Å². The summed E-state index contributed by atoms with van der Waals surface area (Å²) in [5, 5.41) is 14.6. The molecular formula is C17H16ClN3O4. The second kappa shape index (κ2) is 7.50. The number of hydrogen-bond acceptors (Lipinski definition) is 5. The van der Waals surface area contributed by atoms with E-state index in [0.717, 1.165) is 0 Å². The van der Waals surface area contributed by atoms with Crippen LogP contribution in [0.1, 0.15) is 10.4 Å². The number of morpholine rings is 1. The molecule has 1 fully saturated rings. The number of carbonyl (C=O) groups excluding carboxylic acids is 1. The fourth-order valence-electron chi connectivity index (χ4n) is 2.65. The quantitative estimate of drug-likeness (QED) is 0.667. The topological polar surface area (TPSA) is 84.7 Å². The summed E-state index contributed by atoms with van der Waals surface area (Å²) in [5.41, 5.74) is 1.13. The molecule has 0 bridgehead atoms. The van der Waals surface area contributed by atoms with Gasteiger partial charge in [0.25, 0.3) is 11.6 Å². The van der Waals surface area contributed by atoms with Gasteiger partial charge in [0.1, 0.15) is 5.69 Å². The van der Waals surface area contributed by atoms with Gasteiger partial charge in [0.15, 0.2) is 0 Å². The standard InChI is InChI=1S/C17H16ClN3O4/c18-13-2-1-3-14(11-13)19-17(22)12-4-5-15(16(10-12)21(23)24)20-6-8-25-9-7-20/h1-5,10-11H,6-9H2,(H,19,22). The molecule has 8 heteroatoms. The van der Waals surface area contributed by atoms with E-state index < -0.39 is 10.8 Å². The van der Waals surface area contributed by atoms with Crippen molar-refractivity contribution in [3.05, 3.63) is 63.2 Å². The van der Waals surface area contributed by atoms with E-state index in [1.807, 2.05) is 4.90 Å². The first-order valence-electron chi connectivity index (χ1n) is 7.72. The van der Waals surface area contributed by atoms with Crippen LogP contribution in [0.2, 0.25) is 5.02 Å². The van der Waals surface area contributed by atoms with E-state index in [0.29, 0.717) is 42.7 Å². The van der Waals surface area contributed by atoms with Crippen LogP contribution in [0.5, 0.6) is 0 Å². The average Bonchev–Trinajstić information content (AvgIpc) is 2.62. The number of nitro groups is 1. The first-order chi connectivity index (χ1) is 12.0. The Morgan fingerprint density at radius 2 is 1.96 bits per heavy atom. The molecule has 0 aliphatic carbocycles. The molecule has 25 heavy (non-hydrogen) atoms. The van der Waals surface area contributed by atoms with E-state index in [1.54, 1.807) is 36.4 Å². The van der Waals surface area contributed by atoms with Gasteiger partial charge in [-0.25, -0.2) is 0 Å². The van der Waals surface area contributed by atoms with Crippen molar-refractivity contribution in [2.75, 3.05) is 36.5 Å². The molecule has 0 atom stereocenters. The summed E-state index contributed by atoms with van der Waals surface area (Å²) in [6.45, 7) is 2.20. The van der Waals surface area contributed by atoms with Gasteiger partial charge in [-0.1, -0.05) is 17.7 Å². The normalized spacial score (nSPS) is 14.2. The molecule has 1 amide bonds. The molecule has 1 N–H and O–H groups in total. The Balaban J connectivity index is 1.85. The summed E-state index contributed by atoms with van der Waals surface area (Å²) in [7, 11) is 0. The number of halogens is 1. The van der Waals surface area contributed by atoms with Crippen LogP contribution in [0.25, 0.3) is 0 Å². The van der Waals surface area contributed by atoms with Crippen molar-refractivity contribution in [3.8, 4) is 0 Å². The molecule has 1 heterocycles. The van der Waals surface area contributed by atoms with E-state index in [4.69, 9.17) is 16.3 Å². The van der Waals surface area contributed by atoms with Gasteiger partial charge in [0.05, 0.1) is 18.1 Å². The highest BCUT2D eigenvalue weighted by molar-refractivity contribution is 6.31. The minimum Gasteiger partial charge on any atom is -0.378 e. The van der Waals surface area contributed by atoms with Crippen LogP contribution in [-0.2, 0) is 4.74 Å². The molecule has 7 nitrogen and oxygen atoms in total. The van der Waals surface area contributed by atoms with E-state index in [9.17, 15) is 14.9 Å². The number of carbonyl (C=O) groups is 1. The third-order valence-corrected chi connectivity index (χ3v) is 4.10. The summed E-state index contributed by atoms with van der Waals surface area (Å²) in [6.07, 6.45) is 0. The number of nitrogens with zero attached hydrogens (tertiary/aromatic N) is 2. The van der Waals surface area contributed by atoms with Gasteiger partial charge in [-0.3, -0.25) is 14.9 Å². The minimum absolute atomic E-state index is 0.0966. The monoisotopic (exact) mass is 361 g/mol. The summed E-state index contributed by atoms with van der Waals surface area (Å²) in [4.78, 5) is 25.2. The lowest BCUT2D eigenvalue weighted by Gasteiger charge is -2.28. The first-order valence-corrected chi connectivity index (χ1v) is 8.10. The number of anilines is 2. The smallest absolute Gasteiger partial charge is 0.293 e. The Morgan fingerprint density at radius 3 is 2.64 bits per heavy atom. The van der Waals surface area contributed by atoms with Crippen molar-refractivity contribution in [2.45, 2.75) is 0 Å². The molecule has 1 saturated heterocycles. The molecule has 1 aliphatic rings. The highest BCUT2D eigenvalue weighted by Crippen LogP contribution is 2.30. The van der Waals surface area contributed by atoms with Crippen LogP contribution in [0.15, 0.2) is 42.5 Å². The zero-order chi connectivity index (χ0) is 17.8. The van der Waals surface area contributed by atoms with Crippen molar-refractivity contribution in [3.63, 3.8) is 0 Å². The zero-order valence-electron chi connectivity index (χ0n) is 13.3. The summed E-state index contributed by atoms with van der Waals surface area (Å²) in [5.74, 6) is -0.432. The molecule has 130 valence electrons. The Labute approximate surface area is 149 Å². The summed E-state index contributed by atoms with van der Waals surface area (Å²) < 4.78 is 5.27. The Hall–Kier alpha value is -2.64. The van der Waals surface area contributed by atoms with Gasteiger partial charge in [0, 0.05) is 35.4 Å².